The van der Waals surface area contributed by atoms with Gasteiger partial charge in [0, 0.05) is 17.4 Å². The molecule has 0 atom stereocenters. The van der Waals surface area contributed by atoms with Crippen LogP contribution in [-0.2, 0) is 0 Å². The molecule has 2 aromatic carbocycles. The quantitative estimate of drug-likeness (QED) is 0.496. The van der Waals surface area contributed by atoms with E-state index in [1.165, 1.54) is 43.5 Å². The molecule has 0 aromatic heterocycles. The predicted octanol–water partition coefficient (Wildman–Crippen LogP) is 7.54. The molecule has 3 heteroatoms. The molecule has 1 saturated carbocycles. The van der Waals surface area contributed by atoms with Gasteiger partial charge >= 0.3 is 0 Å². The van der Waals surface area contributed by atoms with Crippen LogP contribution in [-0.4, -0.2) is 14.4 Å². The Morgan fingerprint density at radius 2 is 1.37 bits per heavy atom. The van der Waals surface area contributed by atoms with Crippen LogP contribution in [0.1, 0.15) is 52.9 Å². The minimum absolute atomic E-state index is 0.212. The molecule has 2 nitrogen and oxygen atoms in total. The van der Waals surface area contributed by atoms with E-state index in [4.69, 9.17) is 4.43 Å². The van der Waals surface area contributed by atoms with E-state index >= 15 is 0 Å². The molecule has 1 aliphatic carbocycles. The van der Waals surface area contributed by atoms with Gasteiger partial charge in [0.05, 0.1) is 0 Å². The van der Waals surface area contributed by atoms with Crippen molar-refractivity contribution in [3.8, 4) is 5.75 Å². The van der Waals surface area contributed by atoms with Gasteiger partial charge in [-0.15, -0.1) is 0 Å². The first-order valence-electron chi connectivity index (χ1n) is 10.4. The molecule has 1 aliphatic rings. The number of benzene rings is 2. The van der Waals surface area contributed by atoms with E-state index in [2.05, 4.69) is 93.4 Å². The third kappa shape index (κ3) is 4.76. The maximum absolute atomic E-state index is 6.47. The number of hydrogen-bond donors (Lipinski definition) is 0. The Morgan fingerprint density at radius 3 is 1.93 bits per heavy atom. The van der Waals surface area contributed by atoms with Crippen LogP contribution < -0.4 is 9.33 Å². The minimum Gasteiger partial charge on any atom is -0.544 e. The molecule has 0 bridgehead atoms. The third-order valence-electron chi connectivity index (χ3n) is 6.27. The molecular weight excluding hydrogens is 346 g/mol. The van der Waals surface area contributed by atoms with Crippen LogP contribution in [0.2, 0.25) is 18.1 Å². The smallest absolute Gasteiger partial charge is 0.250 e. The second kappa shape index (κ2) is 8.10. The second-order valence-electron chi connectivity index (χ2n) is 9.35. The number of nitrogens with zero attached hydrogens (tertiary/aromatic N) is 1. The second-order valence-corrected chi connectivity index (χ2v) is 14.1. The monoisotopic (exact) mass is 381 g/mol. The molecule has 146 valence electrons. The van der Waals surface area contributed by atoms with E-state index < -0.39 is 8.32 Å². The fourth-order valence-electron chi connectivity index (χ4n) is 3.62. The van der Waals surface area contributed by atoms with Crippen molar-refractivity contribution in [3.63, 3.8) is 0 Å². The molecular formula is C24H35NOSi. The predicted molar refractivity (Wildman–Crippen MR) is 120 cm³/mol. The van der Waals surface area contributed by atoms with Gasteiger partial charge in [0.2, 0.25) is 8.32 Å². The zero-order valence-corrected chi connectivity index (χ0v) is 18.7. The summed E-state index contributed by atoms with van der Waals surface area (Å²) in [4.78, 5) is 2.54. The molecule has 2 aromatic rings. The summed E-state index contributed by atoms with van der Waals surface area (Å²) in [5.41, 5.74) is 2.57. The summed E-state index contributed by atoms with van der Waals surface area (Å²) in [5.74, 6) is 1.00. The Labute approximate surface area is 166 Å². The lowest BCUT2D eigenvalue weighted by Gasteiger charge is -2.37. The number of anilines is 2. The van der Waals surface area contributed by atoms with Crippen molar-refractivity contribution in [2.45, 2.75) is 77.0 Å². The standard InChI is InChI=1S/C24H35NOSi/c1-24(2,3)27(4,5)26-23-18-16-22(17-19-23)25(20-12-8-6-9-13-20)21-14-10-7-11-15-21/h6,8-9,12-13,16-19,21H,7,10-11,14-15H2,1-5H3. The summed E-state index contributed by atoms with van der Waals surface area (Å²) in [7, 11) is -1.80. The average molecular weight is 382 g/mol. The highest BCUT2D eigenvalue weighted by atomic mass is 28.4. The molecule has 0 spiro atoms. The lowest BCUT2D eigenvalue weighted by Crippen LogP contribution is -2.43. The Balaban J connectivity index is 1.85. The van der Waals surface area contributed by atoms with Gasteiger partial charge in [-0.3, -0.25) is 0 Å². The topological polar surface area (TPSA) is 12.5 Å². The molecule has 3 rings (SSSR count). The highest BCUT2D eigenvalue weighted by Crippen LogP contribution is 2.39. The minimum atomic E-state index is -1.80. The van der Waals surface area contributed by atoms with Crippen molar-refractivity contribution < 1.29 is 4.43 Å². The van der Waals surface area contributed by atoms with Crippen LogP contribution in [0, 0.1) is 0 Å². The summed E-state index contributed by atoms with van der Waals surface area (Å²) in [6.45, 7) is 11.5. The van der Waals surface area contributed by atoms with E-state index in [-0.39, 0.29) is 5.04 Å². The first-order chi connectivity index (χ1) is 12.8. The molecule has 0 heterocycles. The molecule has 27 heavy (non-hydrogen) atoms. The first-order valence-corrected chi connectivity index (χ1v) is 13.3. The van der Waals surface area contributed by atoms with Gasteiger partial charge in [0.1, 0.15) is 5.75 Å². The number of para-hydroxylation sites is 1. The van der Waals surface area contributed by atoms with Crippen LogP contribution >= 0.6 is 0 Å². The van der Waals surface area contributed by atoms with Crippen LogP contribution in [0.25, 0.3) is 0 Å². The molecule has 0 unspecified atom stereocenters. The van der Waals surface area contributed by atoms with E-state index in [1.54, 1.807) is 0 Å². The van der Waals surface area contributed by atoms with Crippen LogP contribution in [0.3, 0.4) is 0 Å². The largest absolute Gasteiger partial charge is 0.544 e. The Morgan fingerprint density at radius 1 is 0.815 bits per heavy atom. The van der Waals surface area contributed by atoms with Crippen molar-refractivity contribution in [1.29, 1.82) is 0 Å². The SMILES string of the molecule is CC(C)(C)[Si](C)(C)Oc1ccc(N(c2ccccc2)C2CCCCC2)cc1. The van der Waals surface area contributed by atoms with Gasteiger partial charge in [0.15, 0.2) is 0 Å². The van der Waals surface area contributed by atoms with E-state index in [9.17, 15) is 0 Å². The summed E-state index contributed by atoms with van der Waals surface area (Å²) >= 11 is 0. The molecule has 0 radical (unpaired) electrons. The van der Waals surface area contributed by atoms with Crippen molar-refractivity contribution in [2.24, 2.45) is 0 Å². The fraction of sp³-hybridized carbons (Fsp3) is 0.500. The summed E-state index contributed by atoms with van der Waals surface area (Å²) in [6.07, 6.45) is 6.59. The third-order valence-corrected chi connectivity index (χ3v) is 10.6. The molecule has 1 fully saturated rings. The maximum Gasteiger partial charge on any atom is 0.250 e. The summed E-state index contributed by atoms with van der Waals surface area (Å²) in [6, 6.07) is 20.2. The Hall–Kier alpha value is -1.74. The van der Waals surface area contributed by atoms with Crippen molar-refractivity contribution >= 4 is 19.7 Å². The van der Waals surface area contributed by atoms with Gasteiger partial charge in [-0.1, -0.05) is 58.2 Å². The fourth-order valence-corrected chi connectivity index (χ4v) is 4.65. The van der Waals surface area contributed by atoms with E-state index in [0.717, 1.165) is 5.75 Å². The average Bonchev–Trinajstić information content (AvgIpc) is 2.64. The molecule has 0 aliphatic heterocycles. The van der Waals surface area contributed by atoms with Crippen LogP contribution in [0.15, 0.2) is 54.6 Å². The summed E-state index contributed by atoms with van der Waals surface area (Å²) in [5, 5.41) is 0.212. The van der Waals surface area contributed by atoms with Crippen molar-refractivity contribution in [3.05, 3.63) is 54.6 Å². The first kappa shape index (κ1) is 20.0. The van der Waals surface area contributed by atoms with E-state index in [1.807, 2.05) is 0 Å². The van der Waals surface area contributed by atoms with Gasteiger partial charge in [-0.05, 0) is 67.4 Å². The molecule has 0 amide bonds. The number of hydrogen-bond acceptors (Lipinski definition) is 2. The molecule has 0 saturated heterocycles. The highest BCUT2D eigenvalue weighted by molar-refractivity contribution is 6.74. The van der Waals surface area contributed by atoms with Gasteiger partial charge in [-0.2, -0.15) is 0 Å². The number of rotatable bonds is 5. The van der Waals surface area contributed by atoms with Crippen LogP contribution in [0.4, 0.5) is 11.4 Å². The van der Waals surface area contributed by atoms with Gasteiger partial charge in [-0.25, -0.2) is 0 Å². The van der Waals surface area contributed by atoms with Gasteiger partial charge < -0.3 is 9.33 Å². The van der Waals surface area contributed by atoms with Gasteiger partial charge in [0.25, 0.3) is 0 Å². The lowest BCUT2D eigenvalue weighted by molar-refractivity contribution is 0.436. The molecule has 0 N–H and O–H groups in total. The maximum atomic E-state index is 6.47. The summed E-state index contributed by atoms with van der Waals surface area (Å²) < 4.78 is 6.47. The lowest BCUT2D eigenvalue weighted by atomic mass is 9.93. The zero-order valence-electron chi connectivity index (χ0n) is 17.7. The van der Waals surface area contributed by atoms with E-state index in [0.29, 0.717) is 6.04 Å². The van der Waals surface area contributed by atoms with Crippen LogP contribution in [0.5, 0.6) is 5.75 Å². The Kier molecular flexibility index (Phi) is 6.00. The zero-order chi connectivity index (χ0) is 19.5. The van der Waals surface area contributed by atoms with Crippen molar-refractivity contribution in [2.75, 3.05) is 4.90 Å². The Bertz CT molecular complexity index is 712. The normalized spacial score (nSPS) is 16.2. The van der Waals surface area contributed by atoms with Crippen molar-refractivity contribution in [1.82, 2.24) is 0 Å². The highest BCUT2D eigenvalue weighted by Gasteiger charge is 2.39.